The monoisotopic (exact) mass is 250 g/mol. The van der Waals surface area contributed by atoms with E-state index in [1.54, 1.807) is 0 Å². The quantitative estimate of drug-likeness (QED) is 0.792. The molecule has 0 unspecified atom stereocenters. The molecule has 0 aliphatic heterocycles. The van der Waals surface area contributed by atoms with Gasteiger partial charge in [0.15, 0.2) is 5.82 Å². The van der Waals surface area contributed by atoms with Gasteiger partial charge in [-0.15, -0.1) is 10.2 Å². The first kappa shape index (κ1) is 12.6. The van der Waals surface area contributed by atoms with Gasteiger partial charge >= 0.3 is 0 Å². The summed E-state index contributed by atoms with van der Waals surface area (Å²) in [7, 11) is 0. The maximum absolute atomic E-state index is 13.4. The number of aryl methyl sites for hydroxylation is 1. The largest absolute Gasteiger partial charge is 0.421 e. The van der Waals surface area contributed by atoms with Gasteiger partial charge in [0.25, 0.3) is 5.89 Å². The van der Waals surface area contributed by atoms with Crippen LogP contribution in [0.25, 0.3) is 11.5 Å². The number of nitrogens with one attached hydrogen (secondary N) is 1. The van der Waals surface area contributed by atoms with E-state index < -0.39 is 5.82 Å². The van der Waals surface area contributed by atoms with Crippen LogP contribution in [0.5, 0.6) is 0 Å². The summed E-state index contributed by atoms with van der Waals surface area (Å²) < 4.78 is 18.8. The van der Waals surface area contributed by atoms with Crippen molar-refractivity contribution in [2.75, 3.05) is 13.1 Å². The fraction of sp³-hybridized carbons (Fsp3) is 0.417. The van der Waals surface area contributed by atoms with Crippen molar-refractivity contribution < 1.29 is 8.81 Å². The third-order valence-corrected chi connectivity index (χ3v) is 2.46. The number of nitrogens with zero attached hydrogens (tertiary/aromatic N) is 3. The molecule has 1 N–H and O–H groups in total. The van der Waals surface area contributed by atoms with Gasteiger partial charge < -0.3 is 9.73 Å². The van der Waals surface area contributed by atoms with Crippen LogP contribution in [0.15, 0.2) is 22.9 Å². The van der Waals surface area contributed by atoms with Crippen LogP contribution in [0, 0.1) is 5.82 Å². The van der Waals surface area contributed by atoms with Crippen molar-refractivity contribution in [3.05, 3.63) is 30.2 Å². The van der Waals surface area contributed by atoms with Crippen LogP contribution in [0.4, 0.5) is 4.39 Å². The smallest absolute Gasteiger partial charge is 0.250 e. The van der Waals surface area contributed by atoms with Crippen molar-refractivity contribution >= 4 is 0 Å². The highest BCUT2D eigenvalue weighted by Gasteiger charge is 2.12. The molecule has 0 radical (unpaired) electrons. The highest BCUT2D eigenvalue weighted by molar-refractivity contribution is 5.51. The molecule has 2 heterocycles. The van der Waals surface area contributed by atoms with E-state index in [0.29, 0.717) is 12.3 Å². The van der Waals surface area contributed by atoms with Crippen LogP contribution in [0.1, 0.15) is 19.2 Å². The van der Waals surface area contributed by atoms with E-state index in [1.165, 1.54) is 12.3 Å². The van der Waals surface area contributed by atoms with Crippen molar-refractivity contribution in [1.29, 1.82) is 0 Å². The Morgan fingerprint density at radius 2 is 2.28 bits per heavy atom. The molecular formula is C12H15FN4O. The second-order valence-corrected chi connectivity index (χ2v) is 3.81. The van der Waals surface area contributed by atoms with Gasteiger partial charge in [-0.05, 0) is 25.6 Å². The molecule has 96 valence electrons. The van der Waals surface area contributed by atoms with Gasteiger partial charge in [0.2, 0.25) is 5.89 Å². The number of hydrogen-bond acceptors (Lipinski definition) is 5. The van der Waals surface area contributed by atoms with Gasteiger partial charge in [0.1, 0.15) is 0 Å². The fourth-order valence-corrected chi connectivity index (χ4v) is 1.55. The van der Waals surface area contributed by atoms with E-state index in [4.69, 9.17) is 4.42 Å². The van der Waals surface area contributed by atoms with Crippen LogP contribution < -0.4 is 5.32 Å². The number of halogens is 1. The van der Waals surface area contributed by atoms with Crippen LogP contribution >= 0.6 is 0 Å². The molecule has 5 nitrogen and oxygen atoms in total. The molecule has 0 spiro atoms. The fourth-order valence-electron chi connectivity index (χ4n) is 1.55. The molecule has 0 atom stereocenters. The van der Waals surface area contributed by atoms with Gasteiger partial charge in [-0.3, -0.25) is 4.98 Å². The minimum Gasteiger partial charge on any atom is -0.421 e. The van der Waals surface area contributed by atoms with E-state index >= 15 is 0 Å². The van der Waals surface area contributed by atoms with Crippen LogP contribution in [0.3, 0.4) is 0 Å². The first-order valence-corrected chi connectivity index (χ1v) is 5.94. The topological polar surface area (TPSA) is 63.8 Å². The Balaban J connectivity index is 2.00. The highest BCUT2D eigenvalue weighted by Crippen LogP contribution is 2.20. The molecule has 0 saturated heterocycles. The van der Waals surface area contributed by atoms with Gasteiger partial charge in [-0.2, -0.15) is 0 Å². The number of pyridine rings is 1. The molecule has 2 aromatic heterocycles. The lowest BCUT2D eigenvalue weighted by molar-refractivity contribution is 0.489. The molecule has 6 heteroatoms. The van der Waals surface area contributed by atoms with Crippen molar-refractivity contribution in [1.82, 2.24) is 20.5 Å². The standard InChI is InChI=1S/C12H15FN4O/c1-2-14-6-3-4-11-16-17-12(18-11)9-5-7-15-8-10(9)13/h5,7-8,14H,2-4,6H2,1H3. The normalized spacial score (nSPS) is 10.8. The average molecular weight is 250 g/mol. The molecule has 2 rings (SSSR count). The van der Waals surface area contributed by atoms with Crippen molar-refractivity contribution in [2.45, 2.75) is 19.8 Å². The Bertz CT molecular complexity index is 500. The van der Waals surface area contributed by atoms with Crippen molar-refractivity contribution in [2.24, 2.45) is 0 Å². The second-order valence-electron chi connectivity index (χ2n) is 3.81. The van der Waals surface area contributed by atoms with Crippen LogP contribution in [0.2, 0.25) is 0 Å². The Kier molecular flexibility index (Phi) is 4.35. The maximum atomic E-state index is 13.4. The molecule has 0 saturated carbocycles. The zero-order valence-corrected chi connectivity index (χ0v) is 10.2. The van der Waals surface area contributed by atoms with Gasteiger partial charge in [-0.25, -0.2) is 4.39 Å². The van der Waals surface area contributed by atoms with E-state index in [-0.39, 0.29) is 11.5 Å². The molecule has 0 aliphatic rings. The first-order valence-electron chi connectivity index (χ1n) is 5.94. The number of rotatable bonds is 6. The zero-order valence-electron chi connectivity index (χ0n) is 10.2. The SMILES string of the molecule is CCNCCCc1nnc(-c2ccncc2F)o1. The summed E-state index contributed by atoms with van der Waals surface area (Å²) in [6.07, 6.45) is 4.22. The zero-order chi connectivity index (χ0) is 12.8. The predicted molar refractivity (Wildman–Crippen MR) is 64.4 cm³/mol. The molecular weight excluding hydrogens is 235 g/mol. The van der Waals surface area contributed by atoms with Gasteiger partial charge in [-0.1, -0.05) is 6.92 Å². The highest BCUT2D eigenvalue weighted by atomic mass is 19.1. The van der Waals surface area contributed by atoms with Crippen molar-refractivity contribution in [3.63, 3.8) is 0 Å². The summed E-state index contributed by atoms with van der Waals surface area (Å²) in [5, 5.41) is 10.9. The average Bonchev–Trinajstić information content (AvgIpc) is 2.84. The summed E-state index contributed by atoms with van der Waals surface area (Å²) in [4.78, 5) is 3.67. The third kappa shape index (κ3) is 3.10. The number of hydrogen-bond donors (Lipinski definition) is 1. The molecule has 2 aromatic rings. The Labute approximate surface area is 104 Å². The maximum Gasteiger partial charge on any atom is 0.250 e. The number of aromatic nitrogens is 3. The van der Waals surface area contributed by atoms with Gasteiger partial charge in [0, 0.05) is 12.6 Å². The summed E-state index contributed by atoms with van der Waals surface area (Å²) in [5.41, 5.74) is 0.287. The molecule has 0 amide bonds. The van der Waals surface area contributed by atoms with E-state index in [2.05, 4.69) is 27.4 Å². The summed E-state index contributed by atoms with van der Waals surface area (Å²) in [6.45, 7) is 3.89. The Hall–Kier alpha value is -1.82. The van der Waals surface area contributed by atoms with E-state index in [0.717, 1.165) is 25.7 Å². The van der Waals surface area contributed by atoms with E-state index in [1.807, 2.05) is 0 Å². The Morgan fingerprint density at radius 1 is 1.39 bits per heavy atom. The summed E-state index contributed by atoms with van der Waals surface area (Å²) >= 11 is 0. The van der Waals surface area contributed by atoms with Crippen LogP contribution in [-0.4, -0.2) is 28.3 Å². The predicted octanol–water partition coefficient (Wildman–Crippen LogP) is 1.81. The van der Waals surface area contributed by atoms with Gasteiger partial charge in [0.05, 0.1) is 11.8 Å². The first-order chi connectivity index (χ1) is 8.81. The lowest BCUT2D eigenvalue weighted by Crippen LogP contribution is -2.14. The minimum atomic E-state index is -0.458. The Morgan fingerprint density at radius 3 is 3.06 bits per heavy atom. The molecule has 18 heavy (non-hydrogen) atoms. The third-order valence-electron chi connectivity index (χ3n) is 2.46. The minimum absolute atomic E-state index is 0.202. The molecule has 0 aromatic carbocycles. The second kappa shape index (κ2) is 6.20. The van der Waals surface area contributed by atoms with Crippen LogP contribution in [-0.2, 0) is 6.42 Å². The lowest BCUT2D eigenvalue weighted by atomic mass is 10.2. The lowest BCUT2D eigenvalue weighted by Gasteiger charge is -1.98. The van der Waals surface area contributed by atoms with E-state index in [9.17, 15) is 4.39 Å². The molecule has 0 fully saturated rings. The summed E-state index contributed by atoms with van der Waals surface area (Å²) in [6, 6.07) is 1.52. The molecule has 0 aliphatic carbocycles. The molecule has 0 bridgehead atoms. The van der Waals surface area contributed by atoms with Crippen molar-refractivity contribution in [3.8, 4) is 11.5 Å². The summed E-state index contributed by atoms with van der Waals surface area (Å²) in [5.74, 6) is 0.271.